The van der Waals surface area contributed by atoms with Crippen LogP contribution in [0.1, 0.15) is 62.3 Å². The number of hydrogen-bond donors (Lipinski definition) is 0. The van der Waals surface area contributed by atoms with Crippen molar-refractivity contribution < 1.29 is 14.2 Å². The molecule has 0 heterocycles. The van der Waals surface area contributed by atoms with E-state index in [2.05, 4.69) is 165 Å². The Morgan fingerprint density at radius 2 is 0.600 bits per heavy atom. The molecule has 0 saturated carbocycles. The molecule has 0 aliphatic carbocycles. The summed E-state index contributed by atoms with van der Waals surface area (Å²) in [6.07, 6.45) is 0. The first-order chi connectivity index (χ1) is 18.7. The predicted octanol–water partition coefficient (Wildman–Crippen LogP) is 7.57. The van der Waals surface area contributed by atoms with Crippen LogP contribution in [-0.2, 0) is 0 Å². The van der Waals surface area contributed by atoms with Gasteiger partial charge in [0.05, 0.1) is 0 Å². The van der Waals surface area contributed by atoms with Gasteiger partial charge in [-0.2, -0.15) is 0 Å². The molecule has 40 heavy (non-hydrogen) atoms. The number of benzene rings is 4. The van der Waals surface area contributed by atoms with Crippen LogP contribution >= 0.6 is 7.26 Å². The molecule has 4 rings (SSSR count). The Bertz CT molecular complexity index is 1230. The van der Waals surface area contributed by atoms with Gasteiger partial charge in [-0.05, 0) is 0 Å². The van der Waals surface area contributed by atoms with E-state index in [0.29, 0.717) is 0 Å². The third kappa shape index (κ3) is 7.26. The standard InChI is InChI=1S/C36H45O3P/c1-34(2,3)37-27-15-21-31(22-16-27)40(30-13-11-10-12-14-30,32-23-17-28(18-24-32)38-35(4,5)6)33-25-19-29(20-26-33)39-36(7,8)9/h10-26,40H,1-9H3. The van der Waals surface area contributed by atoms with Crippen LogP contribution < -0.4 is 35.4 Å². The normalized spacial score (nSPS) is 13.0. The molecule has 4 heteroatoms. The van der Waals surface area contributed by atoms with Crippen molar-refractivity contribution in [1.29, 1.82) is 0 Å². The van der Waals surface area contributed by atoms with Gasteiger partial charge < -0.3 is 0 Å². The van der Waals surface area contributed by atoms with Gasteiger partial charge in [-0.3, -0.25) is 0 Å². The van der Waals surface area contributed by atoms with E-state index in [1.54, 1.807) is 0 Å². The molecule has 0 aliphatic heterocycles. The van der Waals surface area contributed by atoms with Crippen LogP contribution in [0.25, 0.3) is 0 Å². The number of ether oxygens (including phenoxy) is 3. The zero-order valence-electron chi connectivity index (χ0n) is 25.5. The minimum atomic E-state index is -2.71. The van der Waals surface area contributed by atoms with Gasteiger partial charge in [-0.1, -0.05) is 0 Å². The average molecular weight is 557 g/mol. The summed E-state index contributed by atoms with van der Waals surface area (Å²) in [5.74, 6) is 2.61. The van der Waals surface area contributed by atoms with Gasteiger partial charge in [0.25, 0.3) is 0 Å². The first-order valence-corrected chi connectivity index (χ1v) is 16.1. The van der Waals surface area contributed by atoms with Gasteiger partial charge in [-0.25, -0.2) is 0 Å². The van der Waals surface area contributed by atoms with E-state index >= 15 is 0 Å². The van der Waals surface area contributed by atoms with E-state index in [1.807, 2.05) is 0 Å². The SMILES string of the molecule is CC(C)(C)Oc1ccc([PH](c2ccccc2)(c2ccc(OC(C)(C)C)cc2)c2ccc(OC(C)(C)C)cc2)cc1. The second-order valence-electron chi connectivity index (χ2n) is 13.3. The zero-order chi connectivity index (χ0) is 29.2. The summed E-state index contributed by atoms with van der Waals surface area (Å²) in [5.41, 5.74) is -0.788. The van der Waals surface area contributed by atoms with E-state index in [0.717, 1.165) is 17.2 Å². The summed E-state index contributed by atoms with van der Waals surface area (Å²) in [6, 6.07) is 37.1. The zero-order valence-corrected chi connectivity index (χ0v) is 26.5. The first-order valence-electron chi connectivity index (χ1n) is 14.1. The summed E-state index contributed by atoms with van der Waals surface area (Å²) in [6.45, 7) is 18.7. The fraction of sp³-hybridized carbons (Fsp3) is 0.333. The van der Waals surface area contributed by atoms with Crippen molar-refractivity contribution >= 4 is 28.5 Å². The van der Waals surface area contributed by atoms with Gasteiger partial charge in [0, 0.05) is 0 Å². The number of rotatable bonds is 7. The molecule has 0 fully saturated rings. The van der Waals surface area contributed by atoms with Crippen LogP contribution in [0, 0.1) is 0 Å². The molecular weight excluding hydrogens is 511 g/mol. The van der Waals surface area contributed by atoms with E-state index in [4.69, 9.17) is 14.2 Å². The van der Waals surface area contributed by atoms with Gasteiger partial charge in [-0.15, -0.1) is 0 Å². The van der Waals surface area contributed by atoms with Crippen LogP contribution in [0.15, 0.2) is 103 Å². The van der Waals surface area contributed by atoms with Crippen LogP contribution in [0.2, 0.25) is 0 Å². The molecule has 0 N–H and O–H groups in total. The van der Waals surface area contributed by atoms with E-state index in [1.165, 1.54) is 21.2 Å². The van der Waals surface area contributed by atoms with Crippen LogP contribution in [0.3, 0.4) is 0 Å². The van der Waals surface area contributed by atoms with E-state index in [-0.39, 0.29) is 16.8 Å². The fourth-order valence-electron chi connectivity index (χ4n) is 5.07. The second-order valence-corrected chi connectivity index (χ2v) is 17.1. The predicted molar refractivity (Wildman–Crippen MR) is 174 cm³/mol. The molecule has 0 amide bonds. The summed E-state index contributed by atoms with van der Waals surface area (Å²) in [7, 11) is -2.71. The number of hydrogen-bond acceptors (Lipinski definition) is 3. The molecule has 0 bridgehead atoms. The topological polar surface area (TPSA) is 27.7 Å². The molecule has 0 aromatic heterocycles. The maximum absolute atomic E-state index is 6.19. The van der Waals surface area contributed by atoms with Crippen LogP contribution in [0.5, 0.6) is 17.2 Å². The molecule has 0 spiro atoms. The Balaban J connectivity index is 1.94. The third-order valence-electron chi connectivity index (χ3n) is 6.34. The Hall–Kier alpha value is -3.29. The second kappa shape index (κ2) is 11.3. The van der Waals surface area contributed by atoms with Crippen molar-refractivity contribution in [1.82, 2.24) is 0 Å². The monoisotopic (exact) mass is 556 g/mol. The molecule has 3 nitrogen and oxygen atoms in total. The van der Waals surface area contributed by atoms with Gasteiger partial charge in [0.2, 0.25) is 0 Å². The molecule has 212 valence electrons. The molecule has 4 aromatic rings. The van der Waals surface area contributed by atoms with Crippen molar-refractivity contribution in [2.24, 2.45) is 0 Å². The fourth-order valence-corrected chi connectivity index (χ4v) is 9.76. The molecule has 0 saturated heterocycles. The molecular formula is C36H45O3P. The summed E-state index contributed by atoms with van der Waals surface area (Å²) >= 11 is 0. The quantitative estimate of drug-likeness (QED) is 0.220. The van der Waals surface area contributed by atoms with Crippen LogP contribution in [0.4, 0.5) is 0 Å². The molecule has 0 radical (unpaired) electrons. The molecule has 4 aromatic carbocycles. The van der Waals surface area contributed by atoms with Gasteiger partial charge in [0.15, 0.2) is 0 Å². The first kappa shape index (κ1) is 29.7. The van der Waals surface area contributed by atoms with Crippen molar-refractivity contribution in [3.8, 4) is 17.2 Å². The minimum absolute atomic E-state index is 0.263. The van der Waals surface area contributed by atoms with Gasteiger partial charge >= 0.3 is 242 Å². The van der Waals surface area contributed by atoms with Crippen LogP contribution in [-0.4, -0.2) is 16.8 Å². The van der Waals surface area contributed by atoms with Crippen molar-refractivity contribution in [2.45, 2.75) is 79.1 Å². The summed E-state index contributed by atoms with van der Waals surface area (Å²) in [5, 5.41) is 5.17. The Kier molecular flexibility index (Phi) is 8.38. The Morgan fingerprint density at radius 3 is 0.850 bits per heavy atom. The van der Waals surface area contributed by atoms with Crippen molar-refractivity contribution in [2.75, 3.05) is 0 Å². The Labute approximate surface area is 241 Å². The third-order valence-corrected chi connectivity index (χ3v) is 11.1. The Morgan fingerprint density at radius 1 is 0.350 bits per heavy atom. The molecule has 0 unspecified atom stereocenters. The summed E-state index contributed by atoms with van der Waals surface area (Å²) < 4.78 is 18.6. The molecule has 0 atom stereocenters. The summed E-state index contributed by atoms with van der Waals surface area (Å²) in [4.78, 5) is 0. The average Bonchev–Trinajstić information content (AvgIpc) is 2.85. The van der Waals surface area contributed by atoms with Crippen molar-refractivity contribution in [3.63, 3.8) is 0 Å². The van der Waals surface area contributed by atoms with Crippen molar-refractivity contribution in [3.05, 3.63) is 103 Å². The van der Waals surface area contributed by atoms with E-state index in [9.17, 15) is 0 Å². The molecule has 0 aliphatic rings. The maximum atomic E-state index is 6.19. The van der Waals surface area contributed by atoms with Gasteiger partial charge in [0.1, 0.15) is 0 Å². The van der Waals surface area contributed by atoms with E-state index < -0.39 is 7.26 Å².